The van der Waals surface area contributed by atoms with Gasteiger partial charge in [-0.3, -0.25) is 4.79 Å². The number of para-hydroxylation sites is 1. The molecule has 0 fully saturated rings. The molecule has 1 amide bonds. The number of carbonyl (C=O) groups is 1. The number of aryl methyl sites for hydroxylation is 1. The van der Waals surface area contributed by atoms with Crippen LogP contribution in [0.3, 0.4) is 0 Å². The molecule has 25 heavy (non-hydrogen) atoms. The molecule has 1 heterocycles. The predicted octanol–water partition coefficient (Wildman–Crippen LogP) is 4.96. The molecular weight excluding hydrogens is 356 g/mol. The highest BCUT2D eigenvalue weighted by Crippen LogP contribution is 2.30. The molecule has 0 bridgehead atoms. The third kappa shape index (κ3) is 4.18. The van der Waals surface area contributed by atoms with E-state index in [4.69, 9.17) is 16.3 Å². The van der Waals surface area contributed by atoms with E-state index in [-0.39, 0.29) is 12.3 Å². The first-order valence-electron chi connectivity index (χ1n) is 7.70. The number of carbonyl (C=O) groups excluding carboxylic acids is 1. The van der Waals surface area contributed by atoms with E-state index in [1.54, 1.807) is 7.11 Å². The number of hydrogen-bond acceptors (Lipinski definition) is 4. The van der Waals surface area contributed by atoms with Gasteiger partial charge in [-0.15, -0.1) is 11.3 Å². The molecule has 0 saturated carbocycles. The number of rotatable bonds is 5. The van der Waals surface area contributed by atoms with E-state index in [0.717, 1.165) is 27.5 Å². The zero-order valence-corrected chi connectivity index (χ0v) is 15.4. The summed E-state index contributed by atoms with van der Waals surface area (Å²) in [4.78, 5) is 16.8. The zero-order chi connectivity index (χ0) is 17.8. The molecule has 0 aliphatic rings. The summed E-state index contributed by atoms with van der Waals surface area (Å²) in [5, 5.41) is 6.14. The second kappa shape index (κ2) is 7.68. The quantitative estimate of drug-likeness (QED) is 0.688. The van der Waals surface area contributed by atoms with Crippen LogP contribution in [0.1, 0.15) is 10.6 Å². The summed E-state index contributed by atoms with van der Waals surface area (Å²) in [5.41, 5.74) is 3.55. The van der Waals surface area contributed by atoms with E-state index in [1.165, 1.54) is 11.3 Å². The lowest BCUT2D eigenvalue weighted by Gasteiger charge is -2.06. The van der Waals surface area contributed by atoms with Gasteiger partial charge >= 0.3 is 0 Å². The maximum atomic E-state index is 12.2. The Hall–Kier alpha value is -2.37. The summed E-state index contributed by atoms with van der Waals surface area (Å²) in [6, 6.07) is 13.2. The third-order valence-electron chi connectivity index (χ3n) is 3.73. The molecule has 128 valence electrons. The first-order chi connectivity index (χ1) is 12.1. The van der Waals surface area contributed by atoms with Crippen LogP contribution in [0.5, 0.6) is 5.75 Å². The number of methoxy groups -OCH3 is 1. The maximum Gasteiger partial charge on any atom is 0.231 e. The van der Waals surface area contributed by atoms with Crippen molar-refractivity contribution >= 4 is 34.5 Å². The summed E-state index contributed by atoms with van der Waals surface area (Å²) in [7, 11) is 1.58. The van der Waals surface area contributed by atoms with Crippen molar-refractivity contribution in [2.45, 2.75) is 13.3 Å². The Bertz CT molecular complexity index is 908. The molecule has 3 rings (SSSR count). The van der Waals surface area contributed by atoms with Crippen molar-refractivity contribution in [3.63, 3.8) is 0 Å². The van der Waals surface area contributed by atoms with E-state index < -0.39 is 0 Å². The molecule has 1 N–H and O–H groups in total. The lowest BCUT2D eigenvalue weighted by molar-refractivity contribution is -0.115. The number of hydrogen-bond donors (Lipinski definition) is 1. The van der Waals surface area contributed by atoms with Crippen LogP contribution in [0.25, 0.3) is 11.3 Å². The minimum atomic E-state index is -0.0806. The number of halogens is 1. The first-order valence-corrected chi connectivity index (χ1v) is 8.96. The van der Waals surface area contributed by atoms with Gasteiger partial charge in [0, 0.05) is 16.6 Å². The SMILES string of the molecule is COc1ccc(-c2csc(CC(=O)Nc3ccccc3C)n2)cc1Cl. The fraction of sp³-hybridized carbons (Fsp3) is 0.158. The van der Waals surface area contributed by atoms with Crippen LogP contribution in [0, 0.1) is 6.92 Å². The monoisotopic (exact) mass is 372 g/mol. The van der Waals surface area contributed by atoms with Gasteiger partial charge in [0.1, 0.15) is 10.8 Å². The molecule has 0 aliphatic heterocycles. The van der Waals surface area contributed by atoms with Crippen LogP contribution in [-0.2, 0) is 11.2 Å². The van der Waals surface area contributed by atoms with Crippen LogP contribution in [-0.4, -0.2) is 18.0 Å². The summed E-state index contributed by atoms with van der Waals surface area (Å²) < 4.78 is 5.16. The summed E-state index contributed by atoms with van der Waals surface area (Å²) in [5.74, 6) is 0.543. The van der Waals surface area contributed by atoms with E-state index in [2.05, 4.69) is 10.3 Å². The Labute approximate surface area is 155 Å². The number of nitrogens with one attached hydrogen (secondary N) is 1. The average Bonchev–Trinajstić information content (AvgIpc) is 3.05. The predicted molar refractivity (Wildman–Crippen MR) is 103 cm³/mol. The average molecular weight is 373 g/mol. The molecule has 3 aromatic rings. The molecule has 2 aromatic carbocycles. The minimum absolute atomic E-state index is 0.0806. The van der Waals surface area contributed by atoms with Crippen LogP contribution in [0.15, 0.2) is 47.8 Å². The summed E-state index contributed by atoms with van der Waals surface area (Å²) >= 11 is 7.62. The molecule has 0 spiro atoms. The van der Waals surface area contributed by atoms with Gasteiger partial charge in [-0.2, -0.15) is 0 Å². The van der Waals surface area contributed by atoms with Gasteiger partial charge in [-0.25, -0.2) is 4.98 Å². The fourth-order valence-corrected chi connectivity index (χ4v) is 3.45. The molecule has 0 aliphatic carbocycles. The van der Waals surface area contributed by atoms with Crippen LogP contribution >= 0.6 is 22.9 Å². The number of anilines is 1. The fourth-order valence-electron chi connectivity index (χ4n) is 2.40. The molecule has 0 atom stereocenters. The van der Waals surface area contributed by atoms with Crippen molar-refractivity contribution in [1.29, 1.82) is 0 Å². The number of aromatic nitrogens is 1. The number of ether oxygens (including phenoxy) is 1. The van der Waals surface area contributed by atoms with Gasteiger partial charge < -0.3 is 10.1 Å². The highest BCUT2D eigenvalue weighted by molar-refractivity contribution is 7.10. The van der Waals surface area contributed by atoms with Crippen molar-refractivity contribution in [3.05, 3.63) is 63.4 Å². The van der Waals surface area contributed by atoms with E-state index in [1.807, 2.05) is 54.8 Å². The number of nitrogens with zero attached hydrogens (tertiary/aromatic N) is 1. The Kier molecular flexibility index (Phi) is 5.36. The second-order valence-corrected chi connectivity index (χ2v) is 6.87. The minimum Gasteiger partial charge on any atom is -0.495 e. The standard InChI is InChI=1S/C19H17ClN2O2S/c1-12-5-3-4-6-15(12)21-18(23)10-19-22-16(11-25-19)13-7-8-17(24-2)14(20)9-13/h3-9,11H,10H2,1-2H3,(H,21,23). The molecule has 0 saturated heterocycles. The lowest BCUT2D eigenvalue weighted by atomic mass is 10.1. The molecule has 1 aromatic heterocycles. The molecule has 0 radical (unpaired) electrons. The Morgan fingerprint density at radius 1 is 1.28 bits per heavy atom. The summed E-state index contributed by atoms with van der Waals surface area (Å²) in [6.07, 6.45) is 0.239. The number of thiazole rings is 1. The zero-order valence-electron chi connectivity index (χ0n) is 13.9. The number of benzene rings is 2. The van der Waals surface area contributed by atoms with Crippen molar-refractivity contribution in [2.24, 2.45) is 0 Å². The van der Waals surface area contributed by atoms with E-state index in [0.29, 0.717) is 10.8 Å². The van der Waals surface area contributed by atoms with Gasteiger partial charge in [0.2, 0.25) is 5.91 Å². The highest BCUT2D eigenvalue weighted by atomic mass is 35.5. The normalized spacial score (nSPS) is 10.5. The highest BCUT2D eigenvalue weighted by Gasteiger charge is 2.11. The van der Waals surface area contributed by atoms with Gasteiger partial charge in [0.15, 0.2) is 0 Å². The molecular formula is C19H17ClN2O2S. The molecule has 0 unspecified atom stereocenters. The largest absolute Gasteiger partial charge is 0.495 e. The van der Waals surface area contributed by atoms with Gasteiger partial charge in [0.05, 0.1) is 24.2 Å². The number of amides is 1. The smallest absolute Gasteiger partial charge is 0.231 e. The Morgan fingerprint density at radius 3 is 2.80 bits per heavy atom. The maximum absolute atomic E-state index is 12.2. The Morgan fingerprint density at radius 2 is 2.08 bits per heavy atom. The summed E-state index contributed by atoms with van der Waals surface area (Å²) in [6.45, 7) is 1.96. The van der Waals surface area contributed by atoms with Gasteiger partial charge in [-0.05, 0) is 36.8 Å². The third-order valence-corrected chi connectivity index (χ3v) is 4.87. The van der Waals surface area contributed by atoms with E-state index >= 15 is 0 Å². The molecule has 6 heteroatoms. The van der Waals surface area contributed by atoms with Crippen molar-refractivity contribution < 1.29 is 9.53 Å². The van der Waals surface area contributed by atoms with Gasteiger partial charge in [-0.1, -0.05) is 29.8 Å². The lowest BCUT2D eigenvalue weighted by Crippen LogP contribution is -2.14. The Balaban J connectivity index is 1.70. The van der Waals surface area contributed by atoms with Crippen molar-refractivity contribution in [1.82, 2.24) is 4.98 Å². The topological polar surface area (TPSA) is 51.2 Å². The molecule has 4 nitrogen and oxygen atoms in total. The first kappa shape index (κ1) is 17.5. The second-order valence-electron chi connectivity index (χ2n) is 5.52. The van der Waals surface area contributed by atoms with E-state index in [9.17, 15) is 4.79 Å². The van der Waals surface area contributed by atoms with Crippen molar-refractivity contribution in [3.8, 4) is 17.0 Å². The van der Waals surface area contributed by atoms with Crippen LogP contribution in [0.4, 0.5) is 5.69 Å². The van der Waals surface area contributed by atoms with Crippen LogP contribution in [0.2, 0.25) is 5.02 Å². The van der Waals surface area contributed by atoms with Crippen molar-refractivity contribution in [2.75, 3.05) is 12.4 Å². The van der Waals surface area contributed by atoms with Gasteiger partial charge in [0.25, 0.3) is 0 Å². The van der Waals surface area contributed by atoms with Crippen LogP contribution < -0.4 is 10.1 Å².